The van der Waals surface area contributed by atoms with Crippen LogP contribution in [0.25, 0.3) is 0 Å². The Kier molecular flexibility index (Phi) is 5.97. The number of aryl methyl sites for hydroxylation is 3. The molecule has 0 aliphatic rings. The standard InChI is InChI=1S/C15H19ClN4O4/c1-4-5-6-20-14(16)13(10(3)18-20)15(22)23-8-12(21)17-11-7-9(2)24-19-11/h7H,4-6,8H2,1-3H3,(H,17,19,21). The third-order valence-corrected chi connectivity index (χ3v) is 3.61. The molecule has 0 spiro atoms. The Labute approximate surface area is 144 Å². The monoisotopic (exact) mass is 354 g/mol. The van der Waals surface area contributed by atoms with Crippen LogP contribution in [0.4, 0.5) is 5.82 Å². The van der Waals surface area contributed by atoms with Gasteiger partial charge in [-0.05, 0) is 20.3 Å². The SMILES string of the molecule is CCCCn1nc(C)c(C(=O)OCC(=O)Nc2cc(C)on2)c1Cl. The average molecular weight is 355 g/mol. The number of halogens is 1. The van der Waals surface area contributed by atoms with Crippen LogP contribution in [0.5, 0.6) is 0 Å². The van der Waals surface area contributed by atoms with Gasteiger partial charge in [0.2, 0.25) is 0 Å². The van der Waals surface area contributed by atoms with Gasteiger partial charge in [0.1, 0.15) is 16.5 Å². The molecule has 9 heteroatoms. The second kappa shape index (κ2) is 7.96. The molecule has 0 fully saturated rings. The second-order valence-corrected chi connectivity index (χ2v) is 5.63. The summed E-state index contributed by atoms with van der Waals surface area (Å²) in [5.74, 6) is -0.394. The summed E-state index contributed by atoms with van der Waals surface area (Å²) >= 11 is 6.18. The summed E-state index contributed by atoms with van der Waals surface area (Å²) in [6.07, 6.45) is 1.88. The number of carbonyl (C=O) groups is 2. The molecule has 8 nitrogen and oxygen atoms in total. The van der Waals surface area contributed by atoms with E-state index in [9.17, 15) is 9.59 Å². The summed E-state index contributed by atoms with van der Waals surface area (Å²) in [6, 6.07) is 1.55. The molecule has 2 rings (SSSR count). The van der Waals surface area contributed by atoms with Crippen LogP contribution in [-0.2, 0) is 16.1 Å². The first-order chi connectivity index (χ1) is 11.4. The molecule has 0 aliphatic heterocycles. The molecular weight excluding hydrogens is 336 g/mol. The Morgan fingerprint density at radius 1 is 1.42 bits per heavy atom. The zero-order valence-electron chi connectivity index (χ0n) is 13.8. The molecule has 130 valence electrons. The van der Waals surface area contributed by atoms with Crippen LogP contribution in [0.3, 0.4) is 0 Å². The van der Waals surface area contributed by atoms with E-state index in [1.54, 1.807) is 24.6 Å². The van der Waals surface area contributed by atoms with Gasteiger partial charge in [0.25, 0.3) is 5.91 Å². The Hall–Kier alpha value is -2.35. The number of nitrogens with one attached hydrogen (secondary N) is 1. The molecular formula is C15H19ClN4O4. The quantitative estimate of drug-likeness (QED) is 0.767. The van der Waals surface area contributed by atoms with E-state index in [0.717, 1.165) is 12.8 Å². The highest BCUT2D eigenvalue weighted by molar-refractivity contribution is 6.32. The number of aromatic nitrogens is 3. The fraction of sp³-hybridized carbons (Fsp3) is 0.467. The van der Waals surface area contributed by atoms with Crippen LogP contribution < -0.4 is 5.32 Å². The number of esters is 1. The van der Waals surface area contributed by atoms with Crippen LogP contribution in [0.2, 0.25) is 5.15 Å². The molecule has 2 heterocycles. The predicted octanol–water partition coefficient (Wildman–Crippen LogP) is 2.74. The van der Waals surface area contributed by atoms with E-state index in [2.05, 4.69) is 22.5 Å². The van der Waals surface area contributed by atoms with Gasteiger partial charge >= 0.3 is 5.97 Å². The lowest BCUT2D eigenvalue weighted by atomic mass is 10.3. The van der Waals surface area contributed by atoms with Crippen LogP contribution in [-0.4, -0.2) is 33.4 Å². The minimum absolute atomic E-state index is 0.179. The topological polar surface area (TPSA) is 99.2 Å². The first kappa shape index (κ1) is 18.0. The van der Waals surface area contributed by atoms with Gasteiger partial charge in [-0.15, -0.1) is 0 Å². The van der Waals surface area contributed by atoms with Gasteiger partial charge in [-0.1, -0.05) is 30.1 Å². The Morgan fingerprint density at radius 2 is 2.17 bits per heavy atom. The average Bonchev–Trinajstić information content (AvgIpc) is 3.06. The molecule has 0 saturated heterocycles. The Morgan fingerprint density at radius 3 is 2.79 bits per heavy atom. The van der Waals surface area contributed by atoms with Crippen LogP contribution in [0, 0.1) is 13.8 Å². The number of rotatable bonds is 7. The van der Waals surface area contributed by atoms with Crippen molar-refractivity contribution in [2.75, 3.05) is 11.9 Å². The third kappa shape index (κ3) is 4.35. The van der Waals surface area contributed by atoms with E-state index in [1.165, 1.54) is 0 Å². The highest BCUT2D eigenvalue weighted by Crippen LogP contribution is 2.21. The minimum Gasteiger partial charge on any atom is -0.452 e. The molecule has 0 radical (unpaired) electrons. The van der Waals surface area contributed by atoms with Gasteiger partial charge in [0.15, 0.2) is 12.4 Å². The van der Waals surface area contributed by atoms with Gasteiger partial charge in [-0.2, -0.15) is 5.10 Å². The summed E-state index contributed by atoms with van der Waals surface area (Å²) in [5, 5.41) is 10.5. The molecule has 2 aromatic heterocycles. The predicted molar refractivity (Wildman–Crippen MR) is 87.0 cm³/mol. The lowest BCUT2D eigenvalue weighted by Gasteiger charge is -2.05. The molecule has 0 aliphatic carbocycles. The van der Waals surface area contributed by atoms with Gasteiger partial charge in [-0.3, -0.25) is 9.48 Å². The molecule has 0 atom stereocenters. The maximum Gasteiger partial charge on any atom is 0.343 e. The number of amides is 1. The molecule has 1 N–H and O–H groups in total. The number of unbranched alkanes of at least 4 members (excludes halogenated alkanes) is 1. The fourth-order valence-corrected chi connectivity index (χ4v) is 2.38. The Balaban J connectivity index is 1.94. The van der Waals surface area contributed by atoms with Crippen LogP contribution >= 0.6 is 11.6 Å². The van der Waals surface area contributed by atoms with E-state index < -0.39 is 18.5 Å². The van der Waals surface area contributed by atoms with E-state index in [-0.39, 0.29) is 16.5 Å². The molecule has 24 heavy (non-hydrogen) atoms. The van der Waals surface area contributed by atoms with Gasteiger partial charge in [-0.25, -0.2) is 4.79 Å². The van der Waals surface area contributed by atoms with E-state index in [0.29, 0.717) is 18.0 Å². The molecule has 0 saturated carbocycles. The van der Waals surface area contributed by atoms with E-state index in [4.69, 9.17) is 20.9 Å². The summed E-state index contributed by atoms with van der Waals surface area (Å²) in [6.45, 7) is 5.58. The minimum atomic E-state index is -0.688. The molecule has 0 aromatic carbocycles. The van der Waals surface area contributed by atoms with Crippen molar-refractivity contribution in [2.24, 2.45) is 0 Å². The van der Waals surface area contributed by atoms with Gasteiger partial charge in [0.05, 0.1) is 5.69 Å². The first-order valence-electron chi connectivity index (χ1n) is 7.55. The number of hydrogen-bond acceptors (Lipinski definition) is 6. The highest BCUT2D eigenvalue weighted by Gasteiger charge is 2.22. The zero-order valence-corrected chi connectivity index (χ0v) is 14.5. The summed E-state index contributed by atoms with van der Waals surface area (Å²) < 4.78 is 11.4. The van der Waals surface area contributed by atoms with Crippen molar-refractivity contribution in [2.45, 2.75) is 40.2 Å². The number of ether oxygens (including phenoxy) is 1. The van der Waals surface area contributed by atoms with Crippen molar-refractivity contribution < 1.29 is 18.8 Å². The second-order valence-electron chi connectivity index (χ2n) is 5.28. The third-order valence-electron chi connectivity index (χ3n) is 3.22. The lowest BCUT2D eigenvalue weighted by molar-refractivity contribution is -0.119. The Bertz CT molecular complexity index is 738. The van der Waals surface area contributed by atoms with Crippen molar-refractivity contribution in [3.63, 3.8) is 0 Å². The van der Waals surface area contributed by atoms with Crippen LogP contribution in [0.1, 0.15) is 41.6 Å². The highest BCUT2D eigenvalue weighted by atomic mass is 35.5. The van der Waals surface area contributed by atoms with Gasteiger partial charge < -0.3 is 14.6 Å². The van der Waals surface area contributed by atoms with Crippen LogP contribution in [0.15, 0.2) is 10.6 Å². The largest absolute Gasteiger partial charge is 0.452 e. The number of anilines is 1. The van der Waals surface area contributed by atoms with E-state index in [1.807, 2.05) is 0 Å². The number of nitrogens with zero attached hydrogens (tertiary/aromatic N) is 3. The normalized spacial score (nSPS) is 10.7. The van der Waals surface area contributed by atoms with Crippen molar-refractivity contribution in [1.82, 2.24) is 14.9 Å². The maximum atomic E-state index is 12.2. The summed E-state index contributed by atoms with van der Waals surface area (Å²) in [7, 11) is 0. The molecule has 1 amide bonds. The molecule has 0 bridgehead atoms. The lowest BCUT2D eigenvalue weighted by Crippen LogP contribution is -2.21. The van der Waals surface area contributed by atoms with Crippen molar-refractivity contribution in [1.29, 1.82) is 0 Å². The van der Waals surface area contributed by atoms with Crippen molar-refractivity contribution in [3.8, 4) is 0 Å². The van der Waals surface area contributed by atoms with Crippen molar-refractivity contribution in [3.05, 3.63) is 28.2 Å². The zero-order chi connectivity index (χ0) is 17.7. The van der Waals surface area contributed by atoms with Gasteiger partial charge in [0, 0.05) is 12.6 Å². The smallest absolute Gasteiger partial charge is 0.343 e. The summed E-state index contributed by atoms with van der Waals surface area (Å²) in [4.78, 5) is 23.9. The number of hydrogen-bond donors (Lipinski definition) is 1. The summed E-state index contributed by atoms with van der Waals surface area (Å²) in [5.41, 5.74) is 0.645. The molecule has 2 aromatic rings. The fourth-order valence-electron chi connectivity index (χ4n) is 2.05. The number of carbonyl (C=O) groups excluding carboxylic acids is 2. The maximum absolute atomic E-state index is 12.2. The van der Waals surface area contributed by atoms with E-state index >= 15 is 0 Å². The molecule has 0 unspecified atom stereocenters. The first-order valence-corrected chi connectivity index (χ1v) is 7.93. The van der Waals surface area contributed by atoms with Crippen molar-refractivity contribution >= 4 is 29.3 Å².